The number of amides is 1. The van der Waals surface area contributed by atoms with Crippen LogP contribution in [0.25, 0.3) is 11.0 Å². The molecule has 0 aliphatic rings. The van der Waals surface area contributed by atoms with Crippen molar-refractivity contribution in [1.82, 2.24) is 14.9 Å². The molecule has 31 heavy (non-hydrogen) atoms. The van der Waals surface area contributed by atoms with E-state index in [9.17, 15) is 9.59 Å². The maximum Gasteiger partial charge on any atom is 0.336 e. The van der Waals surface area contributed by atoms with E-state index in [2.05, 4.69) is 10.3 Å². The van der Waals surface area contributed by atoms with Gasteiger partial charge >= 0.3 is 5.63 Å². The lowest BCUT2D eigenvalue weighted by molar-refractivity contribution is -0.123. The quantitative estimate of drug-likeness (QED) is 0.463. The fraction of sp³-hybridized carbons (Fsp3) is 0.174. The van der Waals surface area contributed by atoms with Gasteiger partial charge in [-0.3, -0.25) is 4.79 Å². The van der Waals surface area contributed by atoms with Gasteiger partial charge in [-0.1, -0.05) is 12.1 Å². The molecule has 0 aliphatic carbocycles. The predicted molar refractivity (Wildman–Crippen MR) is 114 cm³/mol. The van der Waals surface area contributed by atoms with E-state index >= 15 is 0 Å². The molecule has 0 bridgehead atoms. The summed E-state index contributed by atoms with van der Waals surface area (Å²) in [6.45, 7) is -0.209. The molecule has 4 rings (SSSR count). The topological polar surface area (TPSA) is 95.6 Å². The number of hydrogen-bond acceptors (Lipinski definition) is 6. The summed E-state index contributed by atoms with van der Waals surface area (Å²) in [7, 11) is 3.46. The van der Waals surface area contributed by atoms with Crippen LogP contribution in [0.3, 0.4) is 0 Å². The van der Waals surface area contributed by atoms with Gasteiger partial charge in [0, 0.05) is 37.0 Å². The average Bonchev–Trinajstić information content (AvgIpc) is 3.21. The number of nitrogens with one attached hydrogen (secondary N) is 1. The first-order valence-electron chi connectivity index (χ1n) is 9.61. The molecule has 1 N–H and O–H groups in total. The van der Waals surface area contributed by atoms with E-state index in [0.717, 1.165) is 16.7 Å². The maximum absolute atomic E-state index is 12.7. The summed E-state index contributed by atoms with van der Waals surface area (Å²) < 4.78 is 17.8. The second-order valence-electron chi connectivity index (χ2n) is 6.91. The highest BCUT2D eigenvalue weighted by Gasteiger charge is 2.21. The van der Waals surface area contributed by atoms with E-state index in [1.54, 1.807) is 37.6 Å². The van der Waals surface area contributed by atoms with Crippen molar-refractivity contribution >= 4 is 16.9 Å². The number of nitrogens with zero attached hydrogens (tertiary/aromatic N) is 2. The second kappa shape index (κ2) is 8.74. The standard InChI is InChI=1S/C23H21N3O5/c1-26-12-11-24-23(26)22(16-4-7-17(29-2)8-5-16)25-20(27)14-30-18-9-3-15-6-10-21(28)31-19(15)13-18/h3-13,22H,14H2,1-2H3,(H,25,27). The van der Waals surface area contributed by atoms with Crippen LogP contribution in [0.1, 0.15) is 17.4 Å². The van der Waals surface area contributed by atoms with Crippen LogP contribution in [0.2, 0.25) is 0 Å². The third-order valence-corrected chi connectivity index (χ3v) is 4.84. The molecule has 1 unspecified atom stereocenters. The highest BCUT2D eigenvalue weighted by molar-refractivity contribution is 5.80. The van der Waals surface area contributed by atoms with Crippen molar-refractivity contribution in [3.05, 3.63) is 88.8 Å². The largest absolute Gasteiger partial charge is 0.497 e. The fourth-order valence-electron chi connectivity index (χ4n) is 3.23. The van der Waals surface area contributed by atoms with Gasteiger partial charge in [-0.2, -0.15) is 0 Å². The minimum Gasteiger partial charge on any atom is -0.497 e. The lowest BCUT2D eigenvalue weighted by Crippen LogP contribution is -2.34. The fourth-order valence-corrected chi connectivity index (χ4v) is 3.23. The summed E-state index contributed by atoms with van der Waals surface area (Å²) in [4.78, 5) is 28.5. The Labute approximate surface area is 178 Å². The van der Waals surface area contributed by atoms with Gasteiger partial charge in [-0.05, 0) is 35.9 Å². The van der Waals surface area contributed by atoms with Gasteiger partial charge in [0.2, 0.25) is 0 Å². The third kappa shape index (κ3) is 4.58. The number of rotatable bonds is 7. The van der Waals surface area contributed by atoms with Crippen molar-refractivity contribution in [3.8, 4) is 11.5 Å². The lowest BCUT2D eigenvalue weighted by atomic mass is 10.1. The number of methoxy groups -OCH3 is 1. The molecule has 2 aromatic carbocycles. The van der Waals surface area contributed by atoms with Crippen LogP contribution in [0.5, 0.6) is 11.5 Å². The number of imidazole rings is 1. The molecule has 1 amide bonds. The number of ether oxygens (including phenoxy) is 2. The van der Waals surface area contributed by atoms with Crippen molar-refractivity contribution in [2.24, 2.45) is 7.05 Å². The molecular weight excluding hydrogens is 398 g/mol. The Morgan fingerprint density at radius 2 is 1.87 bits per heavy atom. The summed E-state index contributed by atoms with van der Waals surface area (Å²) in [6.07, 6.45) is 3.49. The van der Waals surface area contributed by atoms with Gasteiger partial charge in [-0.15, -0.1) is 0 Å². The first-order valence-corrected chi connectivity index (χ1v) is 9.61. The number of carbonyl (C=O) groups is 1. The molecule has 0 saturated heterocycles. The highest BCUT2D eigenvalue weighted by atomic mass is 16.5. The van der Waals surface area contributed by atoms with Gasteiger partial charge in [0.25, 0.3) is 5.91 Å². The van der Waals surface area contributed by atoms with E-state index in [1.807, 2.05) is 42.1 Å². The van der Waals surface area contributed by atoms with E-state index < -0.39 is 11.7 Å². The number of carbonyl (C=O) groups excluding carboxylic acids is 1. The van der Waals surface area contributed by atoms with Gasteiger partial charge in [0.05, 0.1) is 7.11 Å². The average molecular weight is 419 g/mol. The van der Waals surface area contributed by atoms with Crippen molar-refractivity contribution in [1.29, 1.82) is 0 Å². The lowest BCUT2D eigenvalue weighted by Gasteiger charge is -2.19. The minimum atomic E-state index is -0.461. The van der Waals surface area contributed by atoms with Crippen LogP contribution in [0, 0.1) is 0 Å². The zero-order valence-electron chi connectivity index (χ0n) is 17.1. The molecule has 0 radical (unpaired) electrons. The van der Waals surface area contributed by atoms with Gasteiger partial charge < -0.3 is 23.8 Å². The molecule has 4 aromatic rings. The zero-order valence-corrected chi connectivity index (χ0v) is 17.1. The molecule has 1 atom stereocenters. The van der Waals surface area contributed by atoms with Crippen molar-refractivity contribution in [3.63, 3.8) is 0 Å². The van der Waals surface area contributed by atoms with Crippen LogP contribution in [-0.4, -0.2) is 29.2 Å². The third-order valence-electron chi connectivity index (χ3n) is 4.84. The van der Waals surface area contributed by atoms with Crippen molar-refractivity contribution in [2.45, 2.75) is 6.04 Å². The monoisotopic (exact) mass is 419 g/mol. The van der Waals surface area contributed by atoms with Crippen LogP contribution in [0.4, 0.5) is 0 Å². The normalized spacial score (nSPS) is 11.8. The van der Waals surface area contributed by atoms with E-state index in [4.69, 9.17) is 13.9 Å². The molecule has 2 heterocycles. The van der Waals surface area contributed by atoms with Crippen LogP contribution in [0.15, 0.2) is 76.2 Å². The number of aryl methyl sites for hydroxylation is 1. The Bertz CT molecular complexity index is 1260. The number of benzene rings is 2. The maximum atomic E-state index is 12.7. The summed E-state index contributed by atoms with van der Waals surface area (Å²) in [5, 5.41) is 3.74. The minimum absolute atomic E-state index is 0.209. The predicted octanol–water partition coefficient (Wildman–Crippen LogP) is 2.82. The van der Waals surface area contributed by atoms with Gasteiger partial charge in [0.15, 0.2) is 6.61 Å². The van der Waals surface area contributed by atoms with Crippen LogP contribution >= 0.6 is 0 Å². The Kier molecular flexibility index (Phi) is 5.70. The molecule has 8 heteroatoms. The van der Waals surface area contributed by atoms with E-state index in [-0.39, 0.29) is 12.5 Å². The summed E-state index contributed by atoms with van der Waals surface area (Å²) >= 11 is 0. The molecule has 0 aliphatic heterocycles. The zero-order chi connectivity index (χ0) is 21.8. The Hall–Kier alpha value is -4.07. The van der Waals surface area contributed by atoms with Crippen molar-refractivity contribution in [2.75, 3.05) is 13.7 Å². The number of hydrogen-bond donors (Lipinski definition) is 1. The van der Waals surface area contributed by atoms with Crippen LogP contribution < -0.4 is 20.4 Å². The molecule has 0 spiro atoms. The van der Waals surface area contributed by atoms with E-state index in [0.29, 0.717) is 17.2 Å². The second-order valence-corrected chi connectivity index (χ2v) is 6.91. The molecule has 0 fully saturated rings. The van der Waals surface area contributed by atoms with Gasteiger partial charge in [-0.25, -0.2) is 9.78 Å². The first kappa shape index (κ1) is 20.2. The highest BCUT2D eigenvalue weighted by Crippen LogP contribution is 2.23. The summed E-state index contributed by atoms with van der Waals surface area (Å²) in [5.41, 5.74) is 0.810. The Morgan fingerprint density at radius 1 is 1.13 bits per heavy atom. The number of fused-ring (bicyclic) bond motifs is 1. The molecule has 8 nitrogen and oxygen atoms in total. The van der Waals surface area contributed by atoms with Crippen LogP contribution in [-0.2, 0) is 11.8 Å². The molecule has 2 aromatic heterocycles. The summed E-state index contributed by atoms with van der Waals surface area (Å²) in [5.74, 6) is 1.51. The molecule has 0 saturated carbocycles. The molecule has 158 valence electrons. The Balaban J connectivity index is 1.49. The first-order chi connectivity index (χ1) is 15.0. The SMILES string of the molecule is COc1ccc(C(NC(=O)COc2ccc3ccc(=O)oc3c2)c2nccn2C)cc1. The summed E-state index contributed by atoms with van der Waals surface area (Å²) in [6, 6.07) is 15.1. The van der Waals surface area contributed by atoms with Crippen molar-refractivity contribution < 1.29 is 18.7 Å². The van der Waals surface area contributed by atoms with Gasteiger partial charge in [0.1, 0.15) is 28.9 Å². The Morgan fingerprint density at radius 3 is 2.58 bits per heavy atom. The molecular formula is C23H21N3O5. The smallest absolute Gasteiger partial charge is 0.336 e. The van der Waals surface area contributed by atoms with E-state index in [1.165, 1.54) is 6.07 Å². The number of aromatic nitrogens is 2.